The summed E-state index contributed by atoms with van der Waals surface area (Å²) in [6.07, 6.45) is 2.16. The van der Waals surface area contributed by atoms with E-state index in [4.69, 9.17) is 33.7 Å². The monoisotopic (exact) mass is 320 g/mol. The Morgan fingerprint density at radius 3 is 3.00 bits per heavy atom. The molecule has 1 amide bonds. The van der Waals surface area contributed by atoms with Crippen LogP contribution in [-0.2, 0) is 4.74 Å². The van der Waals surface area contributed by atoms with Gasteiger partial charge in [-0.25, -0.2) is 0 Å². The zero-order chi connectivity index (χ0) is 13.6. The van der Waals surface area contributed by atoms with Gasteiger partial charge in [-0.2, -0.15) is 0 Å². The van der Waals surface area contributed by atoms with E-state index in [1.165, 1.54) is 11.3 Å². The van der Waals surface area contributed by atoms with Crippen molar-refractivity contribution in [1.82, 2.24) is 5.32 Å². The van der Waals surface area contributed by atoms with Gasteiger partial charge in [0.1, 0.15) is 4.34 Å². The summed E-state index contributed by atoms with van der Waals surface area (Å²) in [6, 6.07) is 1.41. The van der Waals surface area contributed by atoms with Gasteiger partial charge in [0.2, 0.25) is 0 Å². The van der Waals surface area contributed by atoms with Crippen molar-refractivity contribution in [2.24, 2.45) is 11.7 Å². The van der Waals surface area contributed by atoms with Crippen molar-refractivity contribution < 1.29 is 9.53 Å². The zero-order valence-corrected chi connectivity index (χ0v) is 12.4. The Labute approximate surface area is 125 Å². The highest BCUT2D eigenvalue weighted by Gasteiger charge is 2.51. The molecule has 3 rings (SSSR count). The van der Waals surface area contributed by atoms with Gasteiger partial charge in [-0.05, 0) is 18.9 Å². The van der Waals surface area contributed by atoms with E-state index in [1.807, 2.05) is 0 Å². The molecule has 4 atom stereocenters. The molecule has 2 aliphatic rings. The van der Waals surface area contributed by atoms with Gasteiger partial charge in [0.05, 0.1) is 22.0 Å². The van der Waals surface area contributed by atoms with Crippen molar-refractivity contribution in [1.29, 1.82) is 0 Å². The molecule has 1 aromatic rings. The maximum absolute atomic E-state index is 12.1. The summed E-state index contributed by atoms with van der Waals surface area (Å²) in [5.41, 5.74) is 6.50. The lowest BCUT2D eigenvalue weighted by Crippen LogP contribution is -2.72. The summed E-state index contributed by atoms with van der Waals surface area (Å²) < 4.78 is 6.58. The van der Waals surface area contributed by atoms with Gasteiger partial charge in [-0.3, -0.25) is 4.79 Å². The molecule has 0 bridgehead atoms. The summed E-state index contributed by atoms with van der Waals surface area (Å²) >= 11 is 13.0. The Bertz CT molecular complexity index is 508. The first-order valence-corrected chi connectivity index (χ1v) is 7.78. The third-order valence-corrected chi connectivity index (χ3v) is 5.36. The highest BCUT2D eigenvalue weighted by atomic mass is 35.5. The molecule has 104 valence electrons. The second-order valence-electron chi connectivity index (χ2n) is 4.96. The van der Waals surface area contributed by atoms with Crippen LogP contribution in [0.25, 0.3) is 0 Å². The van der Waals surface area contributed by atoms with Gasteiger partial charge < -0.3 is 15.8 Å². The van der Waals surface area contributed by atoms with Crippen LogP contribution in [0.5, 0.6) is 0 Å². The summed E-state index contributed by atoms with van der Waals surface area (Å²) in [5.74, 6) is 0.127. The first-order valence-electron chi connectivity index (χ1n) is 6.21. The molecular formula is C12H14Cl2N2O2S. The van der Waals surface area contributed by atoms with Crippen molar-refractivity contribution in [3.8, 4) is 0 Å². The number of carbonyl (C=O) groups excluding carboxylic acids is 1. The van der Waals surface area contributed by atoms with E-state index >= 15 is 0 Å². The number of hydrogen-bond donors (Lipinski definition) is 2. The first-order chi connectivity index (χ1) is 9.08. The number of fused-ring (bicyclic) bond motifs is 1. The Balaban J connectivity index is 1.68. The molecule has 4 unspecified atom stereocenters. The molecule has 1 aromatic heterocycles. The van der Waals surface area contributed by atoms with Crippen LogP contribution >= 0.6 is 34.5 Å². The van der Waals surface area contributed by atoms with Crippen LogP contribution in [0.1, 0.15) is 23.2 Å². The average molecular weight is 321 g/mol. The SMILES string of the molecule is NC1C2CCCOC2C1NC(=O)c1cc(Cl)sc1Cl. The minimum atomic E-state index is -0.235. The van der Waals surface area contributed by atoms with Crippen LogP contribution in [-0.4, -0.2) is 30.7 Å². The molecule has 19 heavy (non-hydrogen) atoms. The van der Waals surface area contributed by atoms with Crippen LogP contribution in [0.15, 0.2) is 6.07 Å². The minimum absolute atomic E-state index is 0.0397. The smallest absolute Gasteiger partial charge is 0.254 e. The standard InChI is InChI=1S/C12H14Cl2N2O2S/c13-7-4-6(11(14)19-7)12(17)16-9-8(15)5-2-1-3-18-10(5)9/h4-5,8-10H,1-3,15H2,(H,16,17). The number of amides is 1. The van der Waals surface area contributed by atoms with Gasteiger partial charge >= 0.3 is 0 Å². The van der Waals surface area contributed by atoms with Crippen molar-refractivity contribution in [2.45, 2.75) is 31.0 Å². The minimum Gasteiger partial charge on any atom is -0.376 e. The molecular weight excluding hydrogens is 307 g/mol. The number of thiophene rings is 1. The van der Waals surface area contributed by atoms with Crippen LogP contribution in [0.3, 0.4) is 0 Å². The predicted octanol–water partition coefficient (Wildman–Crippen LogP) is 2.29. The topological polar surface area (TPSA) is 64.3 Å². The molecule has 4 nitrogen and oxygen atoms in total. The van der Waals surface area contributed by atoms with Gasteiger partial charge in [0.15, 0.2) is 0 Å². The molecule has 2 heterocycles. The quantitative estimate of drug-likeness (QED) is 0.878. The predicted molar refractivity (Wildman–Crippen MR) is 76.0 cm³/mol. The molecule has 3 N–H and O–H groups in total. The van der Waals surface area contributed by atoms with E-state index in [0.29, 0.717) is 20.2 Å². The Morgan fingerprint density at radius 1 is 1.53 bits per heavy atom. The number of ether oxygens (including phenoxy) is 1. The van der Waals surface area contributed by atoms with E-state index in [9.17, 15) is 4.79 Å². The lowest BCUT2D eigenvalue weighted by atomic mass is 9.68. The highest BCUT2D eigenvalue weighted by molar-refractivity contribution is 7.20. The number of nitrogens with one attached hydrogen (secondary N) is 1. The van der Waals surface area contributed by atoms with Gasteiger partial charge in [0.25, 0.3) is 5.91 Å². The highest BCUT2D eigenvalue weighted by Crippen LogP contribution is 2.37. The molecule has 0 radical (unpaired) electrons. The molecule has 1 aliphatic heterocycles. The number of hydrogen-bond acceptors (Lipinski definition) is 4. The van der Waals surface area contributed by atoms with Gasteiger partial charge in [-0.15, -0.1) is 11.3 Å². The summed E-state index contributed by atoms with van der Waals surface area (Å²) in [4.78, 5) is 12.1. The second kappa shape index (κ2) is 5.22. The zero-order valence-electron chi connectivity index (χ0n) is 10.1. The average Bonchev–Trinajstić information content (AvgIpc) is 2.74. The largest absolute Gasteiger partial charge is 0.376 e. The molecule has 1 saturated carbocycles. The molecule has 0 spiro atoms. The Hall–Kier alpha value is -0.330. The second-order valence-corrected chi connectivity index (χ2v) is 7.24. The molecule has 0 aromatic carbocycles. The Morgan fingerprint density at radius 2 is 2.32 bits per heavy atom. The normalized spacial score (nSPS) is 33.4. The van der Waals surface area contributed by atoms with Crippen LogP contribution in [0, 0.1) is 5.92 Å². The van der Waals surface area contributed by atoms with Crippen molar-refractivity contribution in [3.05, 3.63) is 20.3 Å². The van der Waals surface area contributed by atoms with E-state index in [2.05, 4.69) is 5.32 Å². The van der Waals surface area contributed by atoms with Crippen LogP contribution in [0.4, 0.5) is 0 Å². The number of nitrogens with two attached hydrogens (primary N) is 1. The molecule has 2 fully saturated rings. The Kier molecular flexibility index (Phi) is 3.75. The number of halogens is 2. The molecule has 1 aliphatic carbocycles. The first kappa shape index (κ1) is 13.6. The summed E-state index contributed by atoms with van der Waals surface area (Å²) in [7, 11) is 0. The number of rotatable bonds is 2. The summed E-state index contributed by atoms with van der Waals surface area (Å²) in [6.45, 7) is 0.741. The summed E-state index contributed by atoms with van der Waals surface area (Å²) in [5, 5.41) is 2.91. The molecule has 7 heteroatoms. The van der Waals surface area contributed by atoms with Crippen LogP contribution < -0.4 is 11.1 Å². The van der Waals surface area contributed by atoms with E-state index < -0.39 is 0 Å². The van der Waals surface area contributed by atoms with Gasteiger partial charge in [0, 0.05) is 18.6 Å². The van der Waals surface area contributed by atoms with E-state index in [0.717, 1.165) is 19.4 Å². The van der Waals surface area contributed by atoms with E-state index in [1.54, 1.807) is 6.07 Å². The third-order valence-electron chi connectivity index (χ3n) is 3.88. The van der Waals surface area contributed by atoms with Crippen molar-refractivity contribution in [2.75, 3.05) is 6.61 Å². The van der Waals surface area contributed by atoms with Crippen molar-refractivity contribution in [3.63, 3.8) is 0 Å². The maximum Gasteiger partial charge on any atom is 0.254 e. The molecule has 1 saturated heterocycles. The maximum atomic E-state index is 12.1. The van der Waals surface area contributed by atoms with Crippen LogP contribution in [0.2, 0.25) is 8.67 Å². The fraction of sp³-hybridized carbons (Fsp3) is 0.583. The van der Waals surface area contributed by atoms with Gasteiger partial charge in [-0.1, -0.05) is 23.2 Å². The fourth-order valence-corrected chi connectivity index (χ4v) is 4.31. The lowest BCUT2D eigenvalue weighted by Gasteiger charge is -2.52. The van der Waals surface area contributed by atoms with E-state index in [-0.39, 0.29) is 24.1 Å². The third kappa shape index (κ3) is 2.38. The lowest BCUT2D eigenvalue weighted by molar-refractivity contribution is -0.117. The fourth-order valence-electron chi connectivity index (χ4n) is 2.85. The van der Waals surface area contributed by atoms with Crippen molar-refractivity contribution >= 4 is 40.4 Å². The number of carbonyl (C=O) groups is 1.